The van der Waals surface area contributed by atoms with Crippen LogP contribution in [0.2, 0.25) is 0 Å². The van der Waals surface area contributed by atoms with Gasteiger partial charge in [-0.1, -0.05) is 13.8 Å². The van der Waals surface area contributed by atoms with Crippen molar-refractivity contribution in [1.82, 2.24) is 13.7 Å². The van der Waals surface area contributed by atoms with Crippen molar-refractivity contribution < 1.29 is 0 Å². The van der Waals surface area contributed by atoms with Gasteiger partial charge in [-0.05, 0) is 67.5 Å². The van der Waals surface area contributed by atoms with Crippen LogP contribution >= 0.6 is 0 Å². The summed E-state index contributed by atoms with van der Waals surface area (Å²) in [5, 5.41) is 0. The summed E-state index contributed by atoms with van der Waals surface area (Å²) in [6, 6.07) is 0. The fraction of sp³-hybridized carbons (Fsp3) is 0.875. The predicted octanol–water partition coefficient (Wildman–Crippen LogP) is 3.51. The van der Waals surface area contributed by atoms with E-state index < -0.39 is 9.28 Å². The van der Waals surface area contributed by atoms with E-state index in [0.717, 1.165) is 0 Å². The van der Waals surface area contributed by atoms with Gasteiger partial charge in [0.2, 0.25) is 0 Å². The van der Waals surface area contributed by atoms with Gasteiger partial charge in [-0.3, -0.25) is 4.57 Å². The van der Waals surface area contributed by atoms with Crippen LogP contribution in [-0.4, -0.2) is 47.1 Å². The normalized spacial score (nSPS) is 17.6. The van der Waals surface area contributed by atoms with E-state index in [2.05, 4.69) is 81.5 Å². The topological polar surface area (TPSA) is 9.72 Å². The van der Waals surface area contributed by atoms with E-state index in [1.807, 2.05) is 0 Å². The molecule has 0 N–H and O–H groups in total. The van der Waals surface area contributed by atoms with E-state index in [0.29, 0.717) is 0 Å². The third kappa shape index (κ3) is 4.01. The molecule has 1 aliphatic heterocycles. The molecule has 118 valence electrons. The third-order valence-electron chi connectivity index (χ3n) is 3.78. The first kappa shape index (κ1) is 17.6. The molecule has 3 nitrogen and oxygen atoms in total. The zero-order chi connectivity index (χ0) is 15.6. The average molecular weight is 298 g/mol. The molecule has 1 rings (SSSR count). The van der Waals surface area contributed by atoms with Crippen LogP contribution in [0.4, 0.5) is 0 Å². The second-order valence-electron chi connectivity index (χ2n) is 7.84. The maximum Gasteiger partial charge on any atom is 0.332 e. The molecule has 0 atom stereocenters. The zero-order valence-corrected chi connectivity index (χ0v) is 16.1. The first-order chi connectivity index (χ1) is 9.12. The lowest BCUT2D eigenvalue weighted by Crippen LogP contribution is -2.65. The summed E-state index contributed by atoms with van der Waals surface area (Å²) < 4.78 is 8.05. The summed E-state index contributed by atoms with van der Waals surface area (Å²) in [7, 11) is -1.32. The molecule has 0 spiro atoms. The monoisotopic (exact) mass is 297 g/mol. The Balaban J connectivity index is 3.08. The van der Waals surface area contributed by atoms with Gasteiger partial charge in [0.1, 0.15) is 0 Å². The van der Waals surface area contributed by atoms with Crippen LogP contribution in [0.1, 0.15) is 68.2 Å². The first-order valence-corrected chi connectivity index (χ1v) is 9.67. The average Bonchev–Trinajstić information content (AvgIpc) is 2.72. The van der Waals surface area contributed by atoms with Crippen LogP contribution in [0.15, 0.2) is 12.4 Å². The second kappa shape index (κ2) is 6.52. The largest absolute Gasteiger partial charge is 0.371 e. The standard InChI is InChI=1S/C16H35N3Si/c1-9-11-17(12-10-2)20-18(15(3,4)5)13-14-19(20)16(6,7)8/h13-14,20H,9-12H2,1-8H3. The van der Waals surface area contributed by atoms with Crippen LogP contribution < -0.4 is 0 Å². The molecular weight excluding hydrogens is 262 g/mol. The Labute approximate surface area is 128 Å². The molecule has 0 bridgehead atoms. The number of nitrogens with zero attached hydrogens (tertiary/aromatic N) is 3. The van der Waals surface area contributed by atoms with Crippen LogP contribution in [-0.2, 0) is 0 Å². The number of hydrogen-bond acceptors (Lipinski definition) is 3. The van der Waals surface area contributed by atoms with Crippen LogP contribution in [0.3, 0.4) is 0 Å². The minimum atomic E-state index is -1.32. The molecule has 0 unspecified atom stereocenters. The zero-order valence-electron chi connectivity index (χ0n) is 14.9. The molecule has 1 heterocycles. The van der Waals surface area contributed by atoms with Crippen molar-refractivity contribution >= 4 is 9.28 Å². The predicted molar refractivity (Wildman–Crippen MR) is 91.6 cm³/mol. The Kier molecular flexibility index (Phi) is 5.73. The summed E-state index contributed by atoms with van der Waals surface area (Å²) >= 11 is 0. The Bertz CT molecular complexity index is 298. The van der Waals surface area contributed by atoms with E-state index in [1.54, 1.807) is 0 Å². The van der Waals surface area contributed by atoms with Crippen molar-refractivity contribution in [2.45, 2.75) is 79.3 Å². The van der Waals surface area contributed by atoms with Crippen molar-refractivity contribution in [2.24, 2.45) is 0 Å². The molecule has 0 aliphatic carbocycles. The van der Waals surface area contributed by atoms with E-state index >= 15 is 0 Å². The summed E-state index contributed by atoms with van der Waals surface area (Å²) in [6.45, 7) is 21.0. The molecule has 0 aromatic rings. The molecular formula is C16H35N3Si. The minimum absolute atomic E-state index is 0.202. The van der Waals surface area contributed by atoms with E-state index in [4.69, 9.17) is 0 Å². The summed E-state index contributed by atoms with van der Waals surface area (Å²) in [4.78, 5) is 0. The molecule has 0 radical (unpaired) electrons. The van der Waals surface area contributed by atoms with Gasteiger partial charge in [0.25, 0.3) is 0 Å². The number of rotatable bonds is 5. The molecule has 0 amide bonds. The highest BCUT2D eigenvalue weighted by atomic mass is 28.3. The smallest absolute Gasteiger partial charge is 0.332 e. The van der Waals surface area contributed by atoms with Gasteiger partial charge in [-0.25, -0.2) is 0 Å². The lowest BCUT2D eigenvalue weighted by atomic mass is 10.1. The fourth-order valence-electron chi connectivity index (χ4n) is 2.84. The fourth-order valence-corrected chi connectivity index (χ4v) is 6.64. The molecule has 0 saturated carbocycles. The Morgan fingerprint density at radius 2 is 1.15 bits per heavy atom. The van der Waals surface area contributed by atoms with Crippen molar-refractivity contribution in [1.29, 1.82) is 0 Å². The summed E-state index contributed by atoms with van der Waals surface area (Å²) in [5.74, 6) is 0. The summed E-state index contributed by atoms with van der Waals surface area (Å²) in [5.41, 5.74) is 0.403. The Morgan fingerprint density at radius 1 is 0.800 bits per heavy atom. The maximum absolute atomic E-state index is 2.76. The summed E-state index contributed by atoms with van der Waals surface area (Å²) in [6.07, 6.45) is 7.14. The molecule has 4 heteroatoms. The highest BCUT2D eigenvalue weighted by Crippen LogP contribution is 2.30. The highest BCUT2D eigenvalue weighted by molar-refractivity contribution is 6.51. The third-order valence-corrected chi connectivity index (χ3v) is 7.84. The SMILES string of the molecule is CCCN(CCC)[SiH]1N(C(C)(C)C)C=CN1C(C)(C)C. The quantitative estimate of drug-likeness (QED) is 0.719. The molecule has 0 aromatic heterocycles. The second-order valence-corrected chi connectivity index (χ2v) is 10.4. The van der Waals surface area contributed by atoms with Gasteiger partial charge in [0, 0.05) is 23.5 Å². The van der Waals surface area contributed by atoms with Gasteiger partial charge in [0.15, 0.2) is 0 Å². The maximum atomic E-state index is 2.76. The van der Waals surface area contributed by atoms with Gasteiger partial charge in [0.05, 0.1) is 0 Å². The number of hydrogen-bond donors (Lipinski definition) is 0. The Morgan fingerprint density at radius 3 is 1.40 bits per heavy atom. The van der Waals surface area contributed by atoms with Crippen molar-refractivity contribution in [3.63, 3.8) is 0 Å². The van der Waals surface area contributed by atoms with E-state index in [1.165, 1.54) is 25.9 Å². The molecule has 0 aromatic carbocycles. The Hall–Kier alpha value is -0.483. The van der Waals surface area contributed by atoms with Crippen LogP contribution in [0.5, 0.6) is 0 Å². The van der Waals surface area contributed by atoms with Gasteiger partial charge in [-0.2, -0.15) is 0 Å². The lowest BCUT2D eigenvalue weighted by Gasteiger charge is -2.48. The van der Waals surface area contributed by atoms with Crippen LogP contribution in [0, 0.1) is 0 Å². The van der Waals surface area contributed by atoms with Gasteiger partial charge >= 0.3 is 9.28 Å². The highest BCUT2D eigenvalue weighted by Gasteiger charge is 2.43. The van der Waals surface area contributed by atoms with Gasteiger partial charge in [-0.15, -0.1) is 0 Å². The minimum Gasteiger partial charge on any atom is -0.371 e. The lowest BCUT2D eigenvalue weighted by molar-refractivity contribution is 0.229. The van der Waals surface area contributed by atoms with Crippen molar-refractivity contribution in [2.75, 3.05) is 13.1 Å². The van der Waals surface area contributed by atoms with Gasteiger partial charge < -0.3 is 9.13 Å². The van der Waals surface area contributed by atoms with Crippen molar-refractivity contribution in [3.05, 3.63) is 12.4 Å². The molecule has 0 fully saturated rings. The molecule has 20 heavy (non-hydrogen) atoms. The molecule has 0 saturated heterocycles. The van der Waals surface area contributed by atoms with Crippen LogP contribution in [0.25, 0.3) is 0 Å². The van der Waals surface area contributed by atoms with E-state index in [-0.39, 0.29) is 11.1 Å². The van der Waals surface area contributed by atoms with E-state index in [9.17, 15) is 0 Å². The van der Waals surface area contributed by atoms with Crippen molar-refractivity contribution in [3.8, 4) is 0 Å². The first-order valence-electron chi connectivity index (χ1n) is 8.12. The molecule has 1 aliphatic rings.